The van der Waals surface area contributed by atoms with Crippen LogP contribution in [-0.2, 0) is 9.53 Å². The Kier molecular flexibility index (Phi) is 5.00. The largest absolute Gasteiger partial charge is 0.451 e. The maximum absolute atomic E-state index is 13.5. The van der Waals surface area contributed by atoms with Crippen molar-refractivity contribution in [1.82, 2.24) is 9.97 Å². The second-order valence-corrected chi connectivity index (χ2v) is 6.64. The van der Waals surface area contributed by atoms with E-state index in [4.69, 9.17) is 4.74 Å². The number of hydrogen-bond acceptors (Lipinski definition) is 6. The number of esters is 1. The van der Waals surface area contributed by atoms with Gasteiger partial charge in [0.1, 0.15) is 27.2 Å². The zero-order chi connectivity index (χ0) is 19.7. The standard InChI is InChI=1S/C17H13F2N3O4S/c1-7-13-15(24)20-8(2)21-16(13)27-14(7)17(25)26-6-12(23)22-11-5-9(18)3-4-10(11)19/h3-5H,6H2,1-2H3,(H,22,23)(H,20,21,24). The molecule has 2 aromatic heterocycles. The van der Waals surface area contributed by atoms with Crippen LogP contribution >= 0.6 is 11.3 Å². The fraction of sp³-hybridized carbons (Fsp3) is 0.176. The number of nitrogens with zero attached hydrogens (tertiary/aromatic N) is 1. The first-order valence-electron chi connectivity index (χ1n) is 7.68. The summed E-state index contributed by atoms with van der Waals surface area (Å²) in [6.07, 6.45) is 0. The van der Waals surface area contributed by atoms with Gasteiger partial charge in [-0.1, -0.05) is 0 Å². The number of ether oxygens (including phenoxy) is 1. The number of carbonyl (C=O) groups excluding carboxylic acids is 2. The summed E-state index contributed by atoms with van der Waals surface area (Å²) < 4.78 is 31.5. The minimum Gasteiger partial charge on any atom is -0.451 e. The van der Waals surface area contributed by atoms with Crippen molar-refractivity contribution in [3.05, 3.63) is 56.5 Å². The van der Waals surface area contributed by atoms with Gasteiger partial charge in [0.15, 0.2) is 6.61 Å². The number of halogens is 2. The van der Waals surface area contributed by atoms with E-state index in [1.54, 1.807) is 13.8 Å². The number of thiophene rings is 1. The summed E-state index contributed by atoms with van der Waals surface area (Å²) in [5.74, 6) is -2.79. The highest BCUT2D eigenvalue weighted by molar-refractivity contribution is 7.20. The van der Waals surface area contributed by atoms with Gasteiger partial charge < -0.3 is 15.0 Å². The maximum atomic E-state index is 13.5. The lowest BCUT2D eigenvalue weighted by Gasteiger charge is -2.07. The number of fused-ring (bicyclic) bond motifs is 1. The van der Waals surface area contributed by atoms with Crippen molar-refractivity contribution in [2.75, 3.05) is 11.9 Å². The van der Waals surface area contributed by atoms with E-state index in [0.717, 1.165) is 29.5 Å². The molecular weight excluding hydrogens is 380 g/mol. The maximum Gasteiger partial charge on any atom is 0.349 e. The molecule has 3 aromatic rings. The van der Waals surface area contributed by atoms with E-state index in [1.807, 2.05) is 0 Å². The molecular formula is C17H13F2N3O4S. The van der Waals surface area contributed by atoms with E-state index >= 15 is 0 Å². The summed E-state index contributed by atoms with van der Waals surface area (Å²) >= 11 is 0.973. The lowest BCUT2D eigenvalue weighted by molar-refractivity contribution is -0.119. The Morgan fingerprint density at radius 1 is 1.30 bits per heavy atom. The third kappa shape index (κ3) is 3.85. The van der Waals surface area contributed by atoms with Crippen LogP contribution < -0.4 is 10.9 Å². The molecule has 7 nitrogen and oxygen atoms in total. The fourth-order valence-corrected chi connectivity index (χ4v) is 3.54. The second-order valence-electron chi connectivity index (χ2n) is 5.64. The van der Waals surface area contributed by atoms with Gasteiger partial charge in [0.25, 0.3) is 11.5 Å². The highest BCUT2D eigenvalue weighted by Crippen LogP contribution is 2.27. The fourth-order valence-electron chi connectivity index (χ4n) is 2.42. The Bertz CT molecular complexity index is 1120. The number of H-pyrrole nitrogens is 1. The molecule has 0 spiro atoms. The lowest BCUT2D eigenvalue weighted by atomic mass is 10.2. The van der Waals surface area contributed by atoms with Crippen LogP contribution in [0.1, 0.15) is 21.1 Å². The Labute approximate surface area is 155 Å². The number of benzene rings is 1. The minimum atomic E-state index is -0.835. The Morgan fingerprint density at radius 3 is 2.78 bits per heavy atom. The summed E-state index contributed by atoms with van der Waals surface area (Å²) in [5.41, 5.74) is -0.338. The van der Waals surface area contributed by atoms with Crippen LogP contribution in [0, 0.1) is 25.5 Å². The van der Waals surface area contributed by atoms with Gasteiger partial charge in [-0.15, -0.1) is 11.3 Å². The number of aromatic amines is 1. The molecule has 2 heterocycles. The normalized spacial score (nSPS) is 10.8. The number of aryl methyl sites for hydroxylation is 2. The van der Waals surface area contributed by atoms with Crippen molar-refractivity contribution >= 4 is 39.1 Å². The smallest absolute Gasteiger partial charge is 0.349 e. The third-order valence-corrected chi connectivity index (χ3v) is 4.81. The lowest BCUT2D eigenvalue weighted by Crippen LogP contribution is -2.21. The molecule has 1 amide bonds. The average Bonchev–Trinajstić information content (AvgIpc) is 2.92. The van der Waals surface area contributed by atoms with Gasteiger partial charge in [-0.2, -0.15) is 0 Å². The first kappa shape index (κ1) is 18.6. The summed E-state index contributed by atoms with van der Waals surface area (Å²) in [6, 6.07) is 2.59. The Morgan fingerprint density at radius 2 is 2.04 bits per heavy atom. The monoisotopic (exact) mass is 393 g/mol. The van der Waals surface area contributed by atoms with Crippen molar-refractivity contribution in [3.63, 3.8) is 0 Å². The van der Waals surface area contributed by atoms with Crippen molar-refractivity contribution < 1.29 is 23.1 Å². The molecule has 10 heteroatoms. The van der Waals surface area contributed by atoms with Gasteiger partial charge in [0.05, 0.1) is 11.1 Å². The summed E-state index contributed by atoms with van der Waals surface area (Å²) in [7, 11) is 0. The molecule has 3 rings (SSSR count). The number of rotatable bonds is 4. The number of hydrogen-bond donors (Lipinski definition) is 2. The summed E-state index contributed by atoms with van der Waals surface area (Å²) in [4.78, 5) is 43.3. The first-order chi connectivity index (χ1) is 12.8. The van der Waals surface area contributed by atoms with E-state index in [9.17, 15) is 23.2 Å². The SMILES string of the molecule is Cc1nc2sc(C(=O)OCC(=O)Nc3cc(F)ccc3F)c(C)c2c(=O)[nH]1. The summed E-state index contributed by atoms with van der Waals surface area (Å²) in [5, 5.41) is 2.40. The predicted molar refractivity (Wildman–Crippen MR) is 95.0 cm³/mol. The van der Waals surface area contributed by atoms with Gasteiger partial charge in [-0.05, 0) is 31.5 Å². The summed E-state index contributed by atoms with van der Waals surface area (Å²) in [6.45, 7) is 2.49. The van der Waals surface area contributed by atoms with Crippen LogP contribution in [0.2, 0.25) is 0 Å². The molecule has 1 aromatic carbocycles. The molecule has 0 aliphatic rings. The third-order valence-electron chi connectivity index (χ3n) is 3.64. The number of carbonyl (C=O) groups is 2. The highest BCUT2D eigenvalue weighted by atomic mass is 32.1. The van der Waals surface area contributed by atoms with Crippen LogP contribution in [0.4, 0.5) is 14.5 Å². The number of nitrogens with one attached hydrogen (secondary N) is 2. The highest BCUT2D eigenvalue weighted by Gasteiger charge is 2.21. The molecule has 2 N–H and O–H groups in total. The van der Waals surface area contributed by atoms with E-state index in [1.165, 1.54) is 0 Å². The zero-order valence-corrected chi connectivity index (χ0v) is 15.0. The number of amides is 1. The van der Waals surface area contributed by atoms with Crippen LogP contribution in [0.25, 0.3) is 10.2 Å². The second kappa shape index (κ2) is 7.23. The molecule has 0 unspecified atom stereocenters. The molecule has 0 saturated carbocycles. The quantitative estimate of drug-likeness (QED) is 0.664. The number of aromatic nitrogens is 2. The van der Waals surface area contributed by atoms with E-state index < -0.39 is 30.1 Å². The molecule has 0 aliphatic carbocycles. The topological polar surface area (TPSA) is 101 Å². The van der Waals surface area contributed by atoms with Crippen molar-refractivity contribution in [1.29, 1.82) is 0 Å². The predicted octanol–water partition coefficient (Wildman–Crippen LogP) is 2.68. The van der Waals surface area contributed by atoms with Crippen LogP contribution in [0.3, 0.4) is 0 Å². The molecule has 27 heavy (non-hydrogen) atoms. The number of anilines is 1. The molecule has 0 bridgehead atoms. The van der Waals surface area contributed by atoms with Crippen molar-refractivity contribution in [3.8, 4) is 0 Å². The van der Waals surface area contributed by atoms with E-state index in [2.05, 4.69) is 15.3 Å². The van der Waals surface area contributed by atoms with E-state index in [-0.39, 0.29) is 21.5 Å². The Balaban J connectivity index is 1.72. The zero-order valence-electron chi connectivity index (χ0n) is 14.2. The van der Waals surface area contributed by atoms with Gasteiger partial charge in [-0.25, -0.2) is 18.6 Å². The van der Waals surface area contributed by atoms with Gasteiger partial charge in [0.2, 0.25) is 0 Å². The molecule has 0 fully saturated rings. The van der Waals surface area contributed by atoms with Gasteiger partial charge in [-0.3, -0.25) is 9.59 Å². The molecule has 0 atom stereocenters. The van der Waals surface area contributed by atoms with Crippen molar-refractivity contribution in [2.45, 2.75) is 13.8 Å². The van der Waals surface area contributed by atoms with E-state index in [0.29, 0.717) is 16.2 Å². The van der Waals surface area contributed by atoms with Crippen LogP contribution in [-0.4, -0.2) is 28.5 Å². The molecule has 0 saturated heterocycles. The minimum absolute atomic E-state index is 0.137. The average molecular weight is 393 g/mol. The Hall–Kier alpha value is -3.14. The molecule has 0 aliphatic heterocycles. The van der Waals surface area contributed by atoms with Crippen LogP contribution in [0.5, 0.6) is 0 Å². The molecule has 0 radical (unpaired) electrons. The first-order valence-corrected chi connectivity index (χ1v) is 8.50. The van der Waals surface area contributed by atoms with Gasteiger partial charge in [0, 0.05) is 6.07 Å². The van der Waals surface area contributed by atoms with Crippen molar-refractivity contribution in [2.24, 2.45) is 0 Å². The molecule has 140 valence electrons. The van der Waals surface area contributed by atoms with Gasteiger partial charge >= 0.3 is 5.97 Å². The van der Waals surface area contributed by atoms with Crippen LogP contribution in [0.15, 0.2) is 23.0 Å².